The highest BCUT2D eigenvalue weighted by Crippen LogP contribution is 2.59. The molecule has 20 heteroatoms. The van der Waals surface area contributed by atoms with E-state index in [1.165, 1.54) is 9.80 Å². The van der Waals surface area contributed by atoms with Crippen molar-refractivity contribution >= 4 is 102 Å². The molecular formula is C106H104N8O12. The number of benzene rings is 11. The van der Waals surface area contributed by atoms with Crippen molar-refractivity contribution in [1.29, 1.82) is 0 Å². The van der Waals surface area contributed by atoms with Crippen LogP contribution in [0.2, 0.25) is 0 Å². The summed E-state index contributed by atoms with van der Waals surface area (Å²) >= 11 is 0. The molecule has 2 saturated carbocycles. The fraction of sp³-hybridized carbons (Fsp3) is 0.321. The molecule has 640 valence electrons. The summed E-state index contributed by atoms with van der Waals surface area (Å²) < 4.78 is 41.4. The summed E-state index contributed by atoms with van der Waals surface area (Å²) in [4.78, 5) is 119. The molecule has 11 aromatic carbocycles. The minimum absolute atomic E-state index is 0.0474. The maximum atomic E-state index is 17.4. The second-order valence-electron chi connectivity index (χ2n) is 36.1. The van der Waals surface area contributed by atoms with E-state index in [1.54, 1.807) is 46.5 Å². The van der Waals surface area contributed by atoms with Crippen molar-refractivity contribution in [2.24, 2.45) is 11.8 Å². The van der Waals surface area contributed by atoms with Gasteiger partial charge in [-0.2, -0.15) is 0 Å². The van der Waals surface area contributed by atoms with Gasteiger partial charge in [0.25, 0.3) is 35.4 Å². The Bertz CT molecular complexity index is 5700. The zero-order chi connectivity index (χ0) is 86.7. The van der Waals surface area contributed by atoms with E-state index in [0.29, 0.717) is 105 Å². The largest absolute Gasteiger partial charge is 0.457 e. The van der Waals surface area contributed by atoms with Crippen LogP contribution >= 0.6 is 0 Å². The van der Waals surface area contributed by atoms with Crippen LogP contribution < -0.4 is 39.4 Å². The Morgan fingerprint density at radius 3 is 0.937 bits per heavy atom. The molecule has 2 saturated heterocycles. The van der Waals surface area contributed by atoms with Crippen molar-refractivity contribution in [3.8, 4) is 46.0 Å². The third-order valence-corrected chi connectivity index (χ3v) is 26.1. The number of nitrogens with one attached hydrogen (secondary N) is 2. The molecule has 126 heavy (non-hydrogen) atoms. The first-order chi connectivity index (χ1) is 61.2. The first-order valence-corrected chi connectivity index (χ1v) is 44.8. The molecule has 0 bridgehead atoms. The van der Waals surface area contributed by atoms with Gasteiger partial charge in [0.15, 0.2) is 0 Å². The number of imide groups is 2. The van der Waals surface area contributed by atoms with Gasteiger partial charge in [-0.1, -0.05) is 216 Å². The molecule has 6 amide bonds. The molecule has 4 unspecified atom stereocenters. The minimum Gasteiger partial charge on any atom is -0.457 e. The van der Waals surface area contributed by atoms with Crippen molar-refractivity contribution in [1.82, 2.24) is 19.8 Å². The van der Waals surface area contributed by atoms with Crippen molar-refractivity contribution in [3.05, 3.63) is 274 Å². The molecular weight excluding hydrogens is 1580 g/mol. The van der Waals surface area contributed by atoms with Gasteiger partial charge in [-0.15, -0.1) is 0 Å². The molecule has 2 N–H and O–H groups in total. The zero-order valence-electron chi connectivity index (χ0n) is 72.5. The second-order valence-corrected chi connectivity index (χ2v) is 36.1. The van der Waals surface area contributed by atoms with Crippen molar-refractivity contribution in [2.75, 3.05) is 46.7 Å². The number of anilines is 4. The lowest BCUT2D eigenvalue weighted by Gasteiger charge is -2.38. The Balaban J connectivity index is 0.896. The van der Waals surface area contributed by atoms with Gasteiger partial charge in [0.2, 0.25) is 0 Å². The van der Waals surface area contributed by atoms with E-state index in [1.807, 2.05) is 182 Å². The molecule has 4 aliphatic heterocycles. The number of aromatic nitrogens is 2. The Morgan fingerprint density at radius 1 is 0.381 bits per heavy atom. The average Bonchev–Trinajstić information content (AvgIpc) is 0.838. The lowest BCUT2D eigenvalue weighted by Crippen LogP contribution is -2.55. The van der Waals surface area contributed by atoms with Crippen LogP contribution in [0, 0.1) is 11.8 Å². The smallest absolute Gasteiger partial charge is 0.262 e. The van der Waals surface area contributed by atoms with E-state index in [9.17, 15) is 0 Å². The van der Waals surface area contributed by atoms with Crippen LogP contribution in [0.4, 0.5) is 23.0 Å². The molecule has 6 heterocycles. The lowest BCUT2D eigenvalue weighted by atomic mass is 9.80. The number of carbonyl (C=O) groups excluding carboxylic acids is 6. The number of hydrogen-bond acceptors (Lipinski definition) is 16. The van der Waals surface area contributed by atoms with Crippen LogP contribution in [0.15, 0.2) is 219 Å². The molecule has 13 aromatic rings. The monoisotopic (exact) mass is 1680 g/mol. The van der Waals surface area contributed by atoms with E-state index in [0.717, 1.165) is 84.7 Å². The van der Waals surface area contributed by atoms with Crippen LogP contribution in [0.5, 0.6) is 46.0 Å². The minimum atomic E-state index is -1.39. The van der Waals surface area contributed by atoms with Gasteiger partial charge in [-0.05, 0) is 167 Å². The summed E-state index contributed by atoms with van der Waals surface area (Å²) in [5.74, 6) is -0.833. The summed E-state index contributed by atoms with van der Waals surface area (Å²) in [5, 5.41) is 9.34. The van der Waals surface area contributed by atoms with Gasteiger partial charge in [0.05, 0.1) is 60.8 Å². The van der Waals surface area contributed by atoms with E-state index in [4.69, 9.17) is 38.4 Å². The van der Waals surface area contributed by atoms with Crippen LogP contribution in [-0.4, -0.2) is 106 Å². The Morgan fingerprint density at radius 2 is 0.667 bits per heavy atom. The number of fused-ring (bicyclic) bond motifs is 2. The predicted molar refractivity (Wildman–Crippen MR) is 492 cm³/mol. The average molecular weight is 1680 g/mol. The standard InChI is InChI=1S/C106H104N8O12/c1-61(2)69-27-35-75(36-28-69)123-87-51-81-93-82(102(116)113(101(81)115)85(47-65-19-15-16-20-65)105(119)111(57-67-23-11-9-12-24-67)91-49-73(43-45-107-91)109-55-79-59-121-79)53-89(125-77-39-31-71(32-40-77)63(5)6)97-98-90(126-78-41-33-72(34-42-78)64(7)8)54-84-94-83(52-88(96(100(94)98)95(87)99(93)97)124-76-37-29-70(30-38-76)62(3)4)103(117)114(104(84)118)86(48-66-21-17-18-22-66)106(120)112(58-68-25-13-10-14-26-68)92-50-74(44-46-108-92)110-56-80-60-122-80/h9-14,23-46,49-54,61-66,79-80,85-86H,15-22,47-48,55-60H2,1-8H3,(H,107,109)(H,108,110). The maximum Gasteiger partial charge on any atom is 0.262 e. The number of nitrogens with zero attached hydrogens (tertiary/aromatic N) is 6. The Labute approximate surface area is 733 Å². The Kier molecular flexibility index (Phi) is 22.8. The summed E-state index contributed by atoms with van der Waals surface area (Å²) in [6.07, 6.45) is 10.4. The van der Waals surface area contributed by atoms with Gasteiger partial charge < -0.3 is 39.1 Å². The number of hydrogen-bond donors (Lipinski definition) is 2. The van der Waals surface area contributed by atoms with Crippen LogP contribution in [0.3, 0.4) is 0 Å². The number of rotatable bonds is 32. The van der Waals surface area contributed by atoms with E-state index >= 15 is 28.8 Å². The SMILES string of the molecule is CC(C)c1ccc(Oc2cc3c4c(cc(Oc5ccc(C(C)C)cc5)c5c6c(Oc7ccc(C(C)C)cc7)cc7c8c(cc(Oc9ccc(C(C)C)cc9)c(c2c45)c86)C(=O)N(C(CC2CCCC2)C(=O)N(Cc2ccccc2)c2cc(NCC4CO4)ccn2)C7=O)C(=O)N(C(CC2CCCC2)C(=O)N(Cc2ccccc2)c2cc(NCC4CO4)ccn2)C3=O)cc1. The number of carbonyl (C=O) groups is 6. The third kappa shape index (κ3) is 16.5. The lowest BCUT2D eigenvalue weighted by molar-refractivity contribution is -0.123. The first-order valence-electron chi connectivity index (χ1n) is 44.8. The molecule has 19 rings (SSSR count). The number of ether oxygens (including phenoxy) is 6. The van der Waals surface area contributed by atoms with Crippen LogP contribution in [-0.2, 0) is 32.2 Å². The maximum absolute atomic E-state index is 17.4. The summed E-state index contributed by atoms with van der Waals surface area (Å²) in [7, 11) is 0. The summed E-state index contributed by atoms with van der Waals surface area (Å²) in [6.45, 7) is 19.4. The number of epoxide rings is 2. The highest BCUT2D eigenvalue weighted by Gasteiger charge is 2.49. The van der Waals surface area contributed by atoms with E-state index < -0.39 is 47.5 Å². The van der Waals surface area contributed by atoms with E-state index in [2.05, 4.69) is 66.0 Å². The molecule has 4 fully saturated rings. The van der Waals surface area contributed by atoms with Gasteiger partial charge >= 0.3 is 0 Å². The summed E-state index contributed by atoms with van der Waals surface area (Å²) in [5.41, 5.74) is 7.39. The quantitative estimate of drug-likeness (QED) is 0.0173. The van der Waals surface area contributed by atoms with Crippen molar-refractivity contribution in [3.63, 3.8) is 0 Å². The van der Waals surface area contributed by atoms with Gasteiger partial charge in [-0.25, -0.2) is 9.97 Å². The molecule has 0 spiro atoms. The van der Waals surface area contributed by atoms with Gasteiger partial charge in [0, 0.05) is 92.1 Å². The molecule has 2 aliphatic carbocycles. The zero-order valence-corrected chi connectivity index (χ0v) is 72.5. The highest BCUT2D eigenvalue weighted by molar-refractivity contribution is 6.45. The highest BCUT2D eigenvalue weighted by atomic mass is 16.6. The molecule has 20 nitrogen and oxygen atoms in total. The van der Waals surface area contributed by atoms with E-state index in [-0.39, 0.29) is 130 Å². The first kappa shape index (κ1) is 82.6. The fourth-order valence-electron chi connectivity index (χ4n) is 19.0. The normalized spacial score (nSPS) is 16.8. The summed E-state index contributed by atoms with van der Waals surface area (Å²) in [6, 6.07) is 61.7. The Hall–Kier alpha value is -13.0. The van der Waals surface area contributed by atoms with Crippen molar-refractivity contribution in [2.45, 2.75) is 181 Å². The van der Waals surface area contributed by atoms with Crippen molar-refractivity contribution < 1.29 is 57.2 Å². The van der Waals surface area contributed by atoms with Gasteiger partial charge in [0.1, 0.15) is 69.7 Å². The van der Waals surface area contributed by atoms with Crippen LogP contribution in [0.25, 0.3) is 43.1 Å². The fourth-order valence-corrected chi connectivity index (χ4v) is 19.0. The number of pyridine rings is 2. The third-order valence-electron chi connectivity index (χ3n) is 26.1. The molecule has 2 aromatic heterocycles. The topological polar surface area (TPSA) is 227 Å². The van der Waals surface area contributed by atoms with Gasteiger partial charge in [-0.3, -0.25) is 48.4 Å². The second kappa shape index (κ2) is 34.8. The molecule has 6 aliphatic rings. The van der Waals surface area contributed by atoms with Crippen LogP contribution in [0.1, 0.15) is 218 Å². The molecule has 4 atom stereocenters. The predicted octanol–water partition coefficient (Wildman–Crippen LogP) is 23.4. The molecule has 0 radical (unpaired) electrons. The number of amides is 6.